The third-order valence-electron chi connectivity index (χ3n) is 2.09. The second kappa shape index (κ2) is 5.60. The number of nitrogens with one attached hydrogen (secondary N) is 2. The number of alkyl halides is 3. The number of hydrogen-bond donors (Lipinski definition) is 3. The van der Waals surface area contributed by atoms with E-state index in [9.17, 15) is 31.7 Å². The second-order valence-electron chi connectivity index (χ2n) is 3.52. The second-order valence-corrected chi connectivity index (χ2v) is 5.29. The zero-order valence-corrected chi connectivity index (χ0v) is 10.5. The summed E-state index contributed by atoms with van der Waals surface area (Å²) in [5.74, 6) is 4.99. The molecule has 20 heavy (non-hydrogen) atoms. The Bertz CT molecular complexity index is 617. The number of nitro benzene ring substituents is 1. The van der Waals surface area contributed by atoms with E-state index in [1.807, 2.05) is 5.43 Å². The number of nitrogen functional groups attached to an aromatic ring is 1. The van der Waals surface area contributed by atoms with Crippen molar-refractivity contribution in [2.45, 2.75) is 11.1 Å². The van der Waals surface area contributed by atoms with Gasteiger partial charge in [0, 0.05) is 6.07 Å². The van der Waals surface area contributed by atoms with Crippen molar-refractivity contribution < 1.29 is 26.5 Å². The SMILES string of the molecule is NNc1cc(S(=O)(=O)NCC(F)(F)F)ccc1[N+](=O)[O-]. The van der Waals surface area contributed by atoms with Crippen LogP contribution in [0.15, 0.2) is 23.1 Å². The number of hydrogen-bond acceptors (Lipinski definition) is 6. The van der Waals surface area contributed by atoms with Crippen molar-refractivity contribution >= 4 is 21.4 Å². The Morgan fingerprint density at radius 1 is 1.35 bits per heavy atom. The van der Waals surface area contributed by atoms with Crippen LogP contribution in [0, 0.1) is 10.1 Å². The lowest BCUT2D eigenvalue weighted by Gasteiger charge is -2.10. The van der Waals surface area contributed by atoms with Gasteiger partial charge in [-0.2, -0.15) is 13.2 Å². The van der Waals surface area contributed by atoms with Crippen LogP contribution in [-0.2, 0) is 10.0 Å². The number of sulfonamides is 1. The van der Waals surface area contributed by atoms with Gasteiger partial charge < -0.3 is 5.43 Å². The minimum Gasteiger partial charge on any atom is -0.318 e. The van der Waals surface area contributed by atoms with Crippen molar-refractivity contribution in [3.05, 3.63) is 28.3 Å². The van der Waals surface area contributed by atoms with Crippen molar-refractivity contribution in [2.24, 2.45) is 5.84 Å². The standard InChI is InChI=1S/C8H9F3N4O4S/c9-8(10,11)4-13-20(18,19)5-1-2-7(15(16)17)6(3-5)14-12/h1-3,13-14H,4,12H2. The fourth-order valence-electron chi connectivity index (χ4n) is 1.22. The molecule has 4 N–H and O–H groups in total. The van der Waals surface area contributed by atoms with Gasteiger partial charge in [0.15, 0.2) is 0 Å². The van der Waals surface area contributed by atoms with E-state index in [2.05, 4.69) is 0 Å². The molecular weight excluding hydrogens is 305 g/mol. The predicted octanol–water partition coefficient (Wildman–Crippen LogP) is 0.721. The fraction of sp³-hybridized carbons (Fsp3) is 0.250. The molecule has 0 aliphatic rings. The Hall–Kier alpha value is -1.92. The van der Waals surface area contributed by atoms with Gasteiger partial charge in [0.05, 0.1) is 9.82 Å². The summed E-state index contributed by atoms with van der Waals surface area (Å²) in [5, 5.41) is 10.6. The highest BCUT2D eigenvalue weighted by Crippen LogP contribution is 2.26. The molecule has 0 heterocycles. The summed E-state index contributed by atoms with van der Waals surface area (Å²) in [5.41, 5.74) is 1.05. The van der Waals surface area contributed by atoms with Crippen LogP contribution < -0.4 is 16.0 Å². The average molecular weight is 314 g/mol. The van der Waals surface area contributed by atoms with E-state index in [0.29, 0.717) is 0 Å². The van der Waals surface area contributed by atoms with Gasteiger partial charge in [-0.15, -0.1) is 0 Å². The predicted molar refractivity (Wildman–Crippen MR) is 62.1 cm³/mol. The molecule has 0 fully saturated rings. The number of rotatable bonds is 5. The first-order chi connectivity index (χ1) is 9.07. The number of hydrazine groups is 1. The molecule has 0 saturated carbocycles. The van der Waals surface area contributed by atoms with E-state index in [1.54, 1.807) is 0 Å². The van der Waals surface area contributed by atoms with Crippen LogP contribution in [0.1, 0.15) is 0 Å². The molecule has 1 aromatic carbocycles. The van der Waals surface area contributed by atoms with Crippen molar-refractivity contribution in [1.29, 1.82) is 0 Å². The van der Waals surface area contributed by atoms with Crippen molar-refractivity contribution in [1.82, 2.24) is 4.72 Å². The molecule has 0 unspecified atom stereocenters. The maximum Gasteiger partial charge on any atom is 0.402 e. The molecule has 112 valence electrons. The topological polar surface area (TPSA) is 127 Å². The quantitative estimate of drug-likeness (QED) is 0.417. The molecule has 0 radical (unpaired) electrons. The first kappa shape index (κ1) is 16.1. The molecule has 0 atom stereocenters. The molecule has 0 aliphatic carbocycles. The molecule has 0 bridgehead atoms. The molecule has 1 aromatic rings. The highest BCUT2D eigenvalue weighted by molar-refractivity contribution is 7.89. The third kappa shape index (κ3) is 4.04. The van der Waals surface area contributed by atoms with Crippen LogP contribution >= 0.6 is 0 Å². The number of benzene rings is 1. The van der Waals surface area contributed by atoms with Crippen molar-refractivity contribution in [3.8, 4) is 0 Å². The number of halogens is 3. The van der Waals surface area contributed by atoms with Crippen LogP contribution in [0.3, 0.4) is 0 Å². The number of nitrogens with two attached hydrogens (primary N) is 1. The number of anilines is 1. The lowest BCUT2D eigenvalue weighted by molar-refractivity contribution is -0.384. The summed E-state index contributed by atoms with van der Waals surface area (Å²) in [6.45, 7) is -1.75. The Morgan fingerprint density at radius 2 is 1.95 bits per heavy atom. The van der Waals surface area contributed by atoms with Crippen molar-refractivity contribution in [2.75, 3.05) is 12.0 Å². The number of nitrogens with zero attached hydrogens (tertiary/aromatic N) is 1. The first-order valence-electron chi connectivity index (χ1n) is 4.88. The van der Waals surface area contributed by atoms with Crippen LogP contribution in [-0.4, -0.2) is 26.1 Å². The molecule has 0 aliphatic heterocycles. The first-order valence-corrected chi connectivity index (χ1v) is 6.36. The molecule has 8 nitrogen and oxygen atoms in total. The maximum atomic E-state index is 12.0. The van der Waals surface area contributed by atoms with E-state index >= 15 is 0 Å². The summed E-state index contributed by atoms with van der Waals surface area (Å²) in [6.07, 6.45) is -4.72. The third-order valence-corrected chi connectivity index (χ3v) is 3.49. The summed E-state index contributed by atoms with van der Waals surface area (Å²) in [7, 11) is -4.46. The average Bonchev–Trinajstić information content (AvgIpc) is 2.34. The summed E-state index contributed by atoms with van der Waals surface area (Å²) in [4.78, 5) is 9.19. The van der Waals surface area contributed by atoms with Crippen LogP contribution in [0.4, 0.5) is 24.5 Å². The Kier molecular flexibility index (Phi) is 4.52. The maximum absolute atomic E-state index is 12.0. The van der Waals surface area contributed by atoms with Gasteiger partial charge in [-0.1, -0.05) is 0 Å². The lowest BCUT2D eigenvalue weighted by atomic mass is 10.3. The smallest absolute Gasteiger partial charge is 0.318 e. The normalized spacial score (nSPS) is 12.2. The van der Waals surface area contributed by atoms with Gasteiger partial charge in [0.2, 0.25) is 10.0 Å². The molecule has 0 saturated heterocycles. The highest BCUT2D eigenvalue weighted by Gasteiger charge is 2.30. The molecular formula is C8H9F3N4O4S. The molecule has 0 amide bonds. The highest BCUT2D eigenvalue weighted by atomic mass is 32.2. The summed E-state index contributed by atoms with van der Waals surface area (Å²) in [6, 6.07) is 2.38. The number of nitro groups is 1. The van der Waals surface area contributed by atoms with Crippen molar-refractivity contribution in [3.63, 3.8) is 0 Å². The zero-order valence-electron chi connectivity index (χ0n) is 9.64. The van der Waals surface area contributed by atoms with Gasteiger partial charge in [-0.3, -0.25) is 16.0 Å². The Morgan fingerprint density at radius 3 is 2.40 bits per heavy atom. The van der Waals surface area contributed by atoms with Gasteiger partial charge in [-0.25, -0.2) is 13.1 Å². The lowest BCUT2D eigenvalue weighted by Crippen LogP contribution is -2.33. The van der Waals surface area contributed by atoms with E-state index in [-0.39, 0.29) is 5.69 Å². The fourth-order valence-corrected chi connectivity index (χ4v) is 2.26. The largest absolute Gasteiger partial charge is 0.402 e. The van der Waals surface area contributed by atoms with E-state index in [4.69, 9.17) is 5.84 Å². The minimum absolute atomic E-state index is 0.343. The molecule has 12 heteroatoms. The van der Waals surface area contributed by atoms with E-state index < -0.39 is 38.3 Å². The van der Waals surface area contributed by atoms with E-state index in [1.165, 1.54) is 4.72 Å². The Labute approximate surface area is 110 Å². The van der Waals surface area contributed by atoms with Crippen LogP contribution in [0.5, 0.6) is 0 Å². The Balaban J connectivity index is 3.11. The minimum atomic E-state index is -4.72. The molecule has 1 rings (SSSR count). The van der Waals surface area contributed by atoms with Gasteiger partial charge in [0.25, 0.3) is 5.69 Å². The molecule has 0 aromatic heterocycles. The van der Waals surface area contributed by atoms with Crippen LogP contribution in [0.25, 0.3) is 0 Å². The van der Waals surface area contributed by atoms with E-state index in [0.717, 1.165) is 18.2 Å². The monoisotopic (exact) mass is 314 g/mol. The van der Waals surface area contributed by atoms with Gasteiger partial charge >= 0.3 is 6.18 Å². The van der Waals surface area contributed by atoms with Crippen LogP contribution in [0.2, 0.25) is 0 Å². The summed E-state index contributed by atoms with van der Waals surface area (Å²) >= 11 is 0. The van der Waals surface area contributed by atoms with Gasteiger partial charge in [-0.05, 0) is 12.1 Å². The zero-order chi connectivity index (χ0) is 15.6. The van der Waals surface area contributed by atoms with Gasteiger partial charge in [0.1, 0.15) is 12.2 Å². The summed E-state index contributed by atoms with van der Waals surface area (Å²) < 4.78 is 60.4. The molecule has 0 spiro atoms.